The van der Waals surface area contributed by atoms with Gasteiger partial charge >= 0.3 is 0 Å². The second-order valence-corrected chi connectivity index (χ2v) is 9.72. The van der Waals surface area contributed by atoms with Crippen LogP contribution < -0.4 is 0 Å². The molecule has 1 aromatic carbocycles. The van der Waals surface area contributed by atoms with Gasteiger partial charge in [-0.3, -0.25) is 9.69 Å². The highest BCUT2D eigenvalue weighted by Gasteiger charge is 2.28. The predicted molar refractivity (Wildman–Crippen MR) is 128 cm³/mol. The summed E-state index contributed by atoms with van der Waals surface area (Å²) in [6, 6.07) is 5.39. The van der Waals surface area contributed by atoms with Crippen molar-refractivity contribution in [3.63, 3.8) is 0 Å². The van der Waals surface area contributed by atoms with Crippen LogP contribution in [0.2, 0.25) is 10.0 Å². The van der Waals surface area contributed by atoms with Gasteiger partial charge in [0, 0.05) is 38.5 Å². The Kier molecular flexibility index (Phi) is 9.52. The summed E-state index contributed by atoms with van der Waals surface area (Å²) in [5.41, 5.74) is 1.95. The Morgan fingerprint density at radius 3 is 2.85 bits per heavy atom. The van der Waals surface area contributed by atoms with E-state index in [-0.39, 0.29) is 30.6 Å². The van der Waals surface area contributed by atoms with E-state index in [9.17, 15) is 9.90 Å². The molecule has 1 aliphatic heterocycles. The lowest BCUT2D eigenvalue weighted by Gasteiger charge is -2.35. The molecule has 0 aliphatic carbocycles. The molecule has 2 aromatic rings. The maximum Gasteiger partial charge on any atom is 0.222 e. The zero-order chi connectivity index (χ0) is 24.0. The maximum atomic E-state index is 13.0. The molecule has 1 amide bonds. The van der Waals surface area contributed by atoms with Gasteiger partial charge in [-0.05, 0) is 38.1 Å². The Labute approximate surface area is 205 Å². The largest absolute Gasteiger partial charge is 0.394 e. The second-order valence-electron chi connectivity index (χ2n) is 8.90. The molecule has 0 fully saturated rings. The summed E-state index contributed by atoms with van der Waals surface area (Å²) in [6.45, 7) is 6.73. The van der Waals surface area contributed by atoms with Crippen molar-refractivity contribution in [2.45, 2.75) is 58.5 Å². The predicted octanol–water partition coefficient (Wildman–Crippen LogP) is 3.24. The monoisotopic (exact) mass is 497 g/mol. The van der Waals surface area contributed by atoms with E-state index in [4.69, 9.17) is 27.9 Å². The third-order valence-electron chi connectivity index (χ3n) is 6.07. The first kappa shape index (κ1) is 25.9. The van der Waals surface area contributed by atoms with E-state index in [2.05, 4.69) is 22.1 Å². The lowest BCUT2D eigenvalue weighted by molar-refractivity contribution is -0.136. The van der Waals surface area contributed by atoms with Gasteiger partial charge in [-0.2, -0.15) is 0 Å². The van der Waals surface area contributed by atoms with Crippen LogP contribution in [0.25, 0.3) is 0 Å². The van der Waals surface area contributed by atoms with E-state index in [0.29, 0.717) is 55.7 Å². The summed E-state index contributed by atoms with van der Waals surface area (Å²) >= 11 is 12.2. The lowest BCUT2D eigenvalue weighted by atomic mass is 10.0. The highest BCUT2D eigenvalue weighted by atomic mass is 35.5. The first-order chi connectivity index (χ1) is 15.8. The smallest absolute Gasteiger partial charge is 0.222 e. The highest BCUT2D eigenvalue weighted by molar-refractivity contribution is 6.42. The number of hydrogen-bond acceptors (Lipinski definition) is 6. The fraction of sp³-hybridized carbons (Fsp3) is 0.609. The zero-order valence-corrected chi connectivity index (χ0v) is 21.0. The molecule has 33 heavy (non-hydrogen) atoms. The number of rotatable bonds is 6. The Bertz CT molecular complexity index is 925. The van der Waals surface area contributed by atoms with Gasteiger partial charge in [0.25, 0.3) is 0 Å². The zero-order valence-electron chi connectivity index (χ0n) is 19.5. The van der Waals surface area contributed by atoms with Crippen LogP contribution in [0, 0.1) is 5.92 Å². The molecular weight excluding hydrogens is 465 g/mol. The van der Waals surface area contributed by atoms with E-state index in [1.807, 2.05) is 26.1 Å². The number of amides is 1. The number of halogens is 2. The van der Waals surface area contributed by atoms with Crippen molar-refractivity contribution in [3.05, 3.63) is 45.7 Å². The summed E-state index contributed by atoms with van der Waals surface area (Å²) in [4.78, 5) is 16.9. The average Bonchev–Trinajstić information content (AvgIpc) is 3.23. The van der Waals surface area contributed by atoms with Gasteiger partial charge in [0.15, 0.2) is 0 Å². The van der Waals surface area contributed by atoms with Crippen molar-refractivity contribution < 1.29 is 14.6 Å². The second kappa shape index (κ2) is 12.1. The number of aromatic nitrogens is 3. The van der Waals surface area contributed by atoms with E-state index in [0.717, 1.165) is 11.3 Å². The SMILES string of the molecule is C[C@@H]1CN([C@@H](C)CO)C(=O)CCCn2nncc2CO[C@H]1CN(C)Cc1ccc(Cl)c(Cl)c1. The number of carbonyl (C=O) groups is 1. The number of aliphatic hydroxyl groups excluding tert-OH is 1. The van der Waals surface area contributed by atoms with Crippen LogP contribution in [-0.4, -0.2) is 74.7 Å². The van der Waals surface area contributed by atoms with Gasteiger partial charge < -0.3 is 14.7 Å². The number of hydrogen-bond donors (Lipinski definition) is 1. The number of nitrogens with zero attached hydrogens (tertiary/aromatic N) is 5. The lowest BCUT2D eigenvalue weighted by Crippen LogP contribution is -2.47. The summed E-state index contributed by atoms with van der Waals surface area (Å²) in [5.74, 6) is 0.0801. The van der Waals surface area contributed by atoms with E-state index < -0.39 is 0 Å². The summed E-state index contributed by atoms with van der Waals surface area (Å²) in [5, 5.41) is 19.0. The highest BCUT2D eigenvalue weighted by Crippen LogP contribution is 2.24. The van der Waals surface area contributed by atoms with Crippen molar-refractivity contribution in [3.8, 4) is 0 Å². The molecule has 0 saturated heterocycles. The molecule has 0 bridgehead atoms. The van der Waals surface area contributed by atoms with Crippen LogP contribution in [0.1, 0.15) is 37.9 Å². The Balaban J connectivity index is 1.77. The molecule has 0 saturated carbocycles. The number of ether oxygens (including phenoxy) is 1. The number of benzene rings is 1. The van der Waals surface area contributed by atoms with Crippen LogP contribution in [0.3, 0.4) is 0 Å². The van der Waals surface area contributed by atoms with Crippen LogP contribution in [0.15, 0.2) is 24.4 Å². The molecule has 1 aromatic heterocycles. The van der Waals surface area contributed by atoms with E-state index >= 15 is 0 Å². The van der Waals surface area contributed by atoms with E-state index in [1.54, 1.807) is 21.8 Å². The standard InChI is InChI=1S/C23H33Cl2N5O3/c1-16-11-29(17(2)14-31)23(32)5-4-8-30-19(10-26-27-30)15-33-22(16)13-28(3)12-18-6-7-20(24)21(25)9-18/h6-7,9-10,16-17,22,31H,4-5,8,11-15H2,1-3H3/t16-,17+,22+/m1/s1. The van der Waals surface area contributed by atoms with E-state index in [1.165, 1.54) is 0 Å². The van der Waals surface area contributed by atoms with Crippen molar-refractivity contribution in [2.75, 3.05) is 26.7 Å². The average molecular weight is 498 g/mol. The van der Waals surface area contributed by atoms with Crippen LogP contribution in [0.5, 0.6) is 0 Å². The molecule has 0 radical (unpaired) electrons. The molecule has 8 nitrogen and oxygen atoms in total. The molecule has 3 rings (SSSR count). The third kappa shape index (κ3) is 7.13. The van der Waals surface area contributed by atoms with Gasteiger partial charge in [0.05, 0.1) is 47.3 Å². The van der Waals surface area contributed by atoms with Crippen molar-refractivity contribution in [1.29, 1.82) is 0 Å². The fourth-order valence-electron chi connectivity index (χ4n) is 4.07. The Hall–Kier alpha value is -1.71. The van der Waals surface area contributed by atoms with Crippen LogP contribution in [-0.2, 0) is 29.2 Å². The summed E-state index contributed by atoms with van der Waals surface area (Å²) in [6.07, 6.45) is 2.63. The van der Waals surface area contributed by atoms with Crippen molar-refractivity contribution in [2.24, 2.45) is 5.92 Å². The summed E-state index contributed by atoms with van der Waals surface area (Å²) < 4.78 is 8.17. The van der Waals surface area contributed by atoms with Crippen molar-refractivity contribution >= 4 is 29.1 Å². The molecule has 2 heterocycles. The van der Waals surface area contributed by atoms with Gasteiger partial charge in [0.2, 0.25) is 5.91 Å². The quantitative estimate of drug-likeness (QED) is 0.659. The normalized spacial score (nSPS) is 21.4. The summed E-state index contributed by atoms with van der Waals surface area (Å²) in [7, 11) is 2.03. The number of aryl methyl sites for hydroxylation is 1. The Morgan fingerprint density at radius 1 is 1.33 bits per heavy atom. The van der Waals surface area contributed by atoms with Gasteiger partial charge in [-0.1, -0.05) is 41.4 Å². The third-order valence-corrected chi connectivity index (χ3v) is 6.81. The van der Waals surface area contributed by atoms with Gasteiger partial charge in [-0.25, -0.2) is 4.68 Å². The maximum absolute atomic E-state index is 13.0. The van der Waals surface area contributed by atoms with Crippen molar-refractivity contribution in [1.82, 2.24) is 24.8 Å². The first-order valence-corrected chi connectivity index (χ1v) is 12.1. The molecule has 0 unspecified atom stereocenters. The van der Waals surface area contributed by atoms with Gasteiger partial charge in [0.1, 0.15) is 0 Å². The Morgan fingerprint density at radius 2 is 2.12 bits per heavy atom. The molecule has 182 valence electrons. The number of fused-ring (bicyclic) bond motifs is 1. The van der Waals surface area contributed by atoms with Crippen LogP contribution in [0.4, 0.5) is 0 Å². The number of carbonyl (C=O) groups excluding carboxylic acids is 1. The first-order valence-electron chi connectivity index (χ1n) is 11.3. The van der Waals surface area contributed by atoms with Crippen LogP contribution >= 0.6 is 23.2 Å². The molecule has 3 atom stereocenters. The topological polar surface area (TPSA) is 83.7 Å². The van der Waals surface area contributed by atoms with Gasteiger partial charge in [-0.15, -0.1) is 5.10 Å². The molecule has 1 aliphatic rings. The fourth-order valence-corrected chi connectivity index (χ4v) is 4.39. The minimum Gasteiger partial charge on any atom is -0.394 e. The minimum atomic E-state index is -0.251. The molecule has 10 heteroatoms. The molecule has 0 spiro atoms. The minimum absolute atomic E-state index is 0.0357. The number of likely N-dealkylation sites (N-methyl/N-ethyl adjacent to an activating group) is 1. The molecule has 1 N–H and O–H groups in total. The molecular formula is C23H33Cl2N5O3. The number of aliphatic hydroxyl groups is 1.